The molecule has 0 aromatic carbocycles. The minimum Gasteiger partial charge on any atom is -0.466 e. The van der Waals surface area contributed by atoms with Gasteiger partial charge in [-0.3, -0.25) is 4.79 Å². The normalized spacial score (nSPS) is 14.8. The van der Waals surface area contributed by atoms with Crippen LogP contribution in [0.3, 0.4) is 0 Å². The lowest BCUT2D eigenvalue weighted by atomic mass is 10.0. The van der Waals surface area contributed by atoms with E-state index in [1.165, 1.54) is 0 Å². The summed E-state index contributed by atoms with van der Waals surface area (Å²) in [6.07, 6.45) is 2.89. The molecule has 0 rings (SSSR count). The summed E-state index contributed by atoms with van der Waals surface area (Å²) in [6.45, 7) is 20.9. The minimum absolute atomic E-state index is 0.0306. The zero-order valence-electron chi connectivity index (χ0n) is 20.4. The highest BCUT2D eigenvalue weighted by Crippen LogP contribution is 2.38. The summed E-state index contributed by atoms with van der Waals surface area (Å²) in [7, 11) is -1.94. The summed E-state index contributed by atoms with van der Waals surface area (Å²) in [5.41, 5.74) is -0.573. The van der Waals surface area contributed by atoms with Crippen molar-refractivity contribution in [3.8, 4) is 0 Å². The summed E-state index contributed by atoms with van der Waals surface area (Å²) in [5.74, 6) is -0.249. The molecule has 6 nitrogen and oxygen atoms in total. The fourth-order valence-corrected chi connectivity index (χ4v) is 4.11. The molecule has 2 atom stereocenters. The van der Waals surface area contributed by atoms with Gasteiger partial charge in [0, 0.05) is 18.6 Å². The van der Waals surface area contributed by atoms with E-state index in [-0.39, 0.29) is 29.6 Å². The van der Waals surface area contributed by atoms with Crippen LogP contribution < -0.4 is 5.32 Å². The Balaban J connectivity index is 5.26. The number of esters is 1. The molecule has 0 aliphatic rings. The average molecular weight is 432 g/mol. The Morgan fingerprint density at radius 2 is 1.59 bits per heavy atom. The molecule has 0 bridgehead atoms. The molecule has 0 aromatic rings. The van der Waals surface area contributed by atoms with E-state index in [1.807, 2.05) is 20.8 Å². The maximum absolute atomic E-state index is 12.3. The first-order chi connectivity index (χ1) is 13.1. The second kappa shape index (κ2) is 11.9. The van der Waals surface area contributed by atoms with Crippen LogP contribution in [0, 0.1) is 0 Å². The lowest BCUT2D eigenvalue weighted by molar-refractivity contribution is -0.143. The predicted molar refractivity (Wildman–Crippen MR) is 121 cm³/mol. The van der Waals surface area contributed by atoms with Crippen molar-refractivity contribution >= 4 is 20.4 Å². The van der Waals surface area contributed by atoms with Crippen LogP contribution in [-0.2, 0) is 18.7 Å². The standard InChI is InChI=1S/C22H45NO5Si/c1-11-13-18(28-29(9,10)22(6,7)8)16-17(14-15-19(24)26-12-2)23-20(25)27-21(3,4)5/h17-18H,11-16H2,1-10H3,(H,23,25)/t17-,18-/m1/s1. The number of hydrogen-bond acceptors (Lipinski definition) is 5. The van der Waals surface area contributed by atoms with Crippen molar-refractivity contribution in [3.05, 3.63) is 0 Å². The van der Waals surface area contributed by atoms with Crippen molar-refractivity contribution in [2.75, 3.05) is 6.61 Å². The molecule has 172 valence electrons. The van der Waals surface area contributed by atoms with Gasteiger partial charge in [0.15, 0.2) is 8.32 Å². The molecule has 0 aliphatic carbocycles. The first kappa shape index (κ1) is 27.9. The van der Waals surface area contributed by atoms with Gasteiger partial charge in [-0.05, 0) is 65.1 Å². The third kappa shape index (κ3) is 12.3. The van der Waals surface area contributed by atoms with Gasteiger partial charge in [-0.25, -0.2) is 4.79 Å². The Kier molecular flexibility index (Phi) is 11.5. The third-order valence-electron chi connectivity index (χ3n) is 5.15. The molecule has 0 saturated carbocycles. The van der Waals surface area contributed by atoms with Crippen LogP contribution in [0.15, 0.2) is 0 Å². The molecule has 0 aliphatic heterocycles. The van der Waals surface area contributed by atoms with Crippen molar-refractivity contribution in [2.45, 2.75) is 123 Å². The molecule has 0 spiro atoms. The maximum atomic E-state index is 12.3. The molecule has 1 N–H and O–H groups in total. The number of amides is 1. The van der Waals surface area contributed by atoms with Crippen molar-refractivity contribution < 1.29 is 23.5 Å². The number of nitrogens with one attached hydrogen (secondary N) is 1. The SMILES string of the molecule is CCC[C@H](C[C@@H](CCC(=O)OCC)NC(=O)OC(C)(C)C)O[Si](C)(C)C(C)(C)C. The number of hydrogen-bond donors (Lipinski definition) is 1. The van der Waals surface area contributed by atoms with Crippen LogP contribution in [0.2, 0.25) is 18.1 Å². The number of alkyl carbamates (subject to hydrolysis) is 1. The van der Waals surface area contributed by atoms with E-state index >= 15 is 0 Å². The Morgan fingerprint density at radius 3 is 2.03 bits per heavy atom. The Labute approximate surface area is 179 Å². The molecule has 0 fully saturated rings. The monoisotopic (exact) mass is 431 g/mol. The van der Waals surface area contributed by atoms with E-state index in [1.54, 1.807) is 6.92 Å². The number of ether oxygens (including phenoxy) is 2. The lowest BCUT2D eigenvalue weighted by Gasteiger charge is -2.40. The average Bonchev–Trinajstić information content (AvgIpc) is 2.49. The molecule has 1 amide bonds. The summed E-state index contributed by atoms with van der Waals surface area (Å²) in [5, 5.41) is 3.06. The molecule has 0 saturated heterocycles. The first-order valence-electron chi connectivity index (χ1n) is 10.9. The molecule has 0 heterocycles. The second-order valence-electron chi connectivity index (χ2n) is 10.2. The van der Waals surface area contributed by atoms with Crippen molar-refractivity contribution in [1.29, 1.82) is 0 Å². The number of carbonyl (C=O) groups excluding carboxylic acids is 2. The quantitative estimate of drug-likeness (QED) is 0.330. The zero-order chi connectivity index (χ0) is 22.9. The fraction of sp³-hybridized carbons (Fsp3) is 0.909. The van der Waals surface area contributed by atoms with Crippen molar-refractivity contribution in [1.82, 2.24) is 5.32 Å². The molecular formula is C22H45NO5Si. The highest BCUT2D eigenvalue weighted by Gasteiger charge is 2.39. The van der Waals surface area contributed by atoms with E-state index in [2.05, 4.69) is 46.1 Å². The molecule has 7 heteroatoms. The minimum atomic E-state index is -1.94. The van der Waals surface area contributed by atoms with E-state index in [9.17, 15) is 9.59 Å². The molecular weight excluding hydrogens is 386 g/mol. The van der Waals surface area contributed by atoms with Gasteiger partial charge in [0.25, 0.3) is 0 Å². The molecule has 0 unspecified atom stereocenters. The molecule has 0 radical (unpaired) electrons. The van der Waals surface area contributed by atoms with Gasteiger partial charge in [0.1, 0.15) is 5.60 Å². The zero-order valence-corrected chi connectivity index (χ0v) is 21.4. The Morgan fingerprint density at radius 1 is 1.00 bits per heavy atom. The lowest BCUT2D eigenvalue weighted by Crippen LogP contribution is -2.46. The maximum Gasteiger partial charge on any atom is 0.407 e. The predicted octanol–water partition coefficient (Wildman–Crippen LogP) is 5.80. The topological polar surface area (TPSA) is 73.9 Å². The van der Waals surface area contributed by atoms with Gasteiger partial charge in [-0.2, -0.15) is 0 Å². The van der Waals surface area contributed by atoms with E-state index in [0.29, 0.717) is 19.4 Å². The highest BCUT2D eigenvalue weighted by molar-refractivity contribution is 6.74. The summed E-state index contributed by atoms with van der Waals surface area (Å²) >= 11 is 0. The van der Waals surface area contributed by atoms with E-state index in [4.69, 9.17) is 13.9 Å². The van der Waals surface area contributed by atoms with Crippen LogP contribution >= 0.6 is 0 Å². The van der Waals surface area contributed by atoms with Crippen LogP contribution in [0.1, 0.15) is 87.5 Å². The van der Waals surface area contributed by atoms with Gasteiger partial charge < -0.3 is 19.2 Å². The Bertz CT molecular complexity index is 508. The van der Waals surface area contributed by atoms with Gasteiger partial charge in [0.05, 0.1) is 6.61 Å². The molecule has 29 heavy (non-hydrogen) atoms. The van der Waals surface area contributed by atoms with Gasteiger partial charge >= 0.3 is 12.1 Å². The summed E-state index contributed by atoms with van der Waals surface area (Å²) in [4.78, 5) is 24.2. The van der Waals surface area contributed by atoms with Crippen LogP contribution in [-0.4, -0.2) is 44.7 Å². The third-order valence-corrected chi connectivity index (χ3v) is 9.68. The van der Waals surface area contributed by atoms with Crippen LogP contribution in [0.5, 0.6) is 0 Å². The van der Waals surface area contributed by atoms with Gasteiger partial charge in [-0.1, -0.05) is 34.1 Å². The largest absolute Gasteiger partial charge is 0.466 e. The van der Waals surface area contributed by atoms with Gasteiger partial charge in [-0.15, -0.1) is 0 Å². The van der Waals surface area contributed by atoms with Gasteiger partial charge in [0.2, 0.25) is 0 Å². The van der Waals surface area contributed by atoms with Crippen LogP contribution in [0.4, 0.5) is 4.79 Å². The number of carbonyl (C=O) groups is 2. The smallest absolute Gasteiger partial charge is 0.407 e. The van der Waals surface area contributed by atoms with E-state index in [0.717, 1.165) is 12.8 Å². The second-order valence-corrected chi connectivity index (χ2v) is 15.0. The molecule has 0 aromatic heterocycles. The van der Waals surface area contributed by atoms with E-state index < -0.39 is 20.0 Å². The fourth-order valence-electron chi connectivity index (χ4n) is 2.71. The summed E-state index contributed by atoms with van der Waals surface area (Å²) < 4.78 is 17.1. The van der Waals surface area contributed by atoms with Crippen molar-refractivity contribution in [2.24, 2.45) is 0 Å². The van der Waals surface area contributed by atoms with Crippen molar-refractivity contribution in [3.63, 3.8) is 0 Å². The highest BCUT2D eigenvalue weighted by atomic mass is 28.4. The first-order valence-corrected chi connectivity index (χ1v) is 13.8. The van der Waals surface area contributed by atoms with Crippen LogP contribution in [0.25, 0.3) is 0 Å². The number of rotatable bonds is 11. The summed E-state index contributed by atoms with van der Waals surface area (Å²) in [6, 6.07) is -0.212. The Hall–Kier alpha value is -1.08.